The molecule has 0 spiro atoms. The number of primary sulfonamides is 1. The molecule has 88 valence electrons. The predicted octanol–water partition coefficient (Wildman–Crippen LogP) is 1.46. The Labute approximate surface area is 100 Å². The smallest absolute Gasteiger partial charge is 0.220 e. The molecule has 1 aromatic heterocycles. The van der Waals surface area contributed by atoms with Crippen molar-refractivity contribution in [3.63, 3.8) is 0 Å². The summed E-state index contributed by atoms with van der Waals surface area (Å²) in [6.07, 6.45) is 3.10. The molecule has 0 aliphatic carbocycles. The second-order valence-electron chi connectivity index (χ2n) is 3.66. The van der Waals surface area contributed by atoms with Crippen molar-refractivity contribution in [2.75, 3.05) is 0 Å². The molecule has 1 unspecified atom stereocenters. The molecular formula is C12H12N2O2S. The summed E-state index contributed by atoms with van der Waals surface area (Å²) in [4.78, 5) is 3.87. The molecule has 0 saturated carbocycles. The van der Waals surface area contributed by atoms with Gasteiger partial charge >= 0.3 is 0 Å². The molecule has 2 rings (SSSR count). The van der Waals surface area contributed by atoms with E-state index in [0.717, 1.165) is 0 Å². The van der Waals surface area contributed by atoms with Crippen LogP contribution < -0.4 is 5.14 Å². The molecule has 1 aromatic carbocycles. The second-order valence-corrected chi connectivity index (χ2v) is 5.31. The fraction of sp³-hybridized carbons (Fsp3) is 0.0833. The minimum Gasteiger partial charge on any atom is -0.265 e. The molecule has 5 heteroatoms. The first kappa shape index (κ1) is 11.8. The van der Waals surface area contributed by atoms with Crippen molar-refractivity contribution in [3.05, 3.63) is 66.0 Å². The van der Waals surface area contributed by atoms with Crippen LogP contribution in [-0.2, 0) is 10.0 Å². The van der Waals surface area contributed by atoms with E-state index in [2.05, 4.69) is 4.98 Å². The maximum absolute atomic E-state index is 11.7. The Kier molecular flexibility index (Phi) is 3.21. The molecule has 0 amide bonds. The minimum atomic E-state index is -3.70. The summed E-state index contributed by atoms with van der Waals surface area (Å²) >= 11 is 0. The molecule has 17 heavy (non-hydrogen) atoms. The van der Waals surface area contributed by atoms with Gasteiger partial charge in [-0.15, -0.1) is 0 Å². The zero-order valence-corrected chi connectivity index (χ0v) is 9.84. The van der Waals surface area contributed by atoms with E-state index < -0.39 is 15.3 Å². The summed E-state index contributed by atoms with van der Waals surface area (Å²) in [5, 5.41) is 4.45. The Morgan fingerprint density at radius 3 is 2.00 bits per heavy atom. The van der Waals surface area contributed by atoms with Crippen LogP contribution in [-0.4, -0.2) is 13.4 Å². The molecule has 0 aliphatic heterocycles. The molecule has 2 aromatic rings. The predicted molar refractivity (Wildman–Crippen MR) is 65.6 cm³/mol. The largest absolute Gasteiger partial charge is 0.265 e. The summed E-state index contributed by atoms with van der Waals surface area (Å²) in [5.41, 5.74) is 1.27. The molecule has 4 nitrogen and oxygen atoms in total. The van der Waals surface area contributed by atoms with Gasteiger partial charge < -0.3 is 0 Å². The lowest BCUT2D eigenvalue weighted by molar-refractivity contribution is 0.591. The SMILES string of the molecule is NS(=O)(=O)C(c1ccccc1)c1ccncc1. The van der Waals surface area contributed by atoms with Gasteiger partial charge in [-0.25, -0.2) is 13.6 Å². The number of hydrogen-bond donors (Lipinski definition) is 1. The van der Waals surface area contributed by atoms with Crippen LogP contribution in [0.25, 0.3) is 0 Å². The van der Waals surface area contributed by atoms with Crippen LogP contribution in [0.3, 0.4) is 0 Å². The Balaban J connectivity index is 2.56. The highest BCUT2D eigenvalue weighted by Gasteiger charge is 2.25. The van der Waals surface area contributed by atoms with Crippen molar-refractivity contribution in [3.8, 4) is 0 Å². The van der Waals surface area contributed by atoms with Crippen molar-refractivity contribution in [1.29, 1.82) is 0 Å². The van der Waals surface area contributed by atoms with Gasteiger partial charge in [-0.2, -0.15) is 0 Å². The summed E-state index contributed by atoms with van der Waals surface area (Å²) < 4.78 is 23.4. The normalized spacial score (nSPS) is 13.2. The molecule has 0 bridgehead atoms. The van der Waals surface area contributed by atoms with Crippen molar-refractivity contribution < 1.29 is 8.42 Å². The first-order valence-electron chi connectivity index (χ1n) is 5.05. The standard InChI is InChI=1S/C12H12N2O2S/c13-17(15,16)12(10-4-2-1-3-5-10)11-6-8-14-9-7-11/h1-9,12H,(H2,13,15,16). The lowest BCUT2D eigenvalue weighted by Gasteiger charge is -2.15. The molecule has 1 atom stereocenters. The van der Waals surface area contributed by atoms with Crippen LogP contribution in [0.2, 0.25) is 0 Å². The first-order chi connectivity index (χ1) is 8.09. The van der Waals surface area contributed by atoms with E-state index in [9.17, 15) is 8.42 Å². The highest BCUT2D eigenvalue weighted by atomic mass is 32.2. The van der Waals surface area contributed by atoms with Crippen molar-refractivity contribution >= 4 is 10.0 Å². The fourth-order valence-corrected chi connectivity index (χ4v) is 2.81. The summed E-state index contributed by atoms with van der Waals surface area (Å²) in [6.45, 7) is 0. The topological polar surface area (TPSA) is 73.1 Å². The Bertz CT molecular complexity index is 543. The van der Waals surface area contributed by atoms with E-state index in [-0.39, 0.29) is 0 Å². The van der Waals surface area contributed by atoms with Crippen LogP contribution in [0.5, 0.6) is 0 Å². The maximum atomic E-state index is 11.7. The molecular weight excluding hydrogens is 236 g/mol. The van der Waals surface area contributed by atoms with E-state index in [1.54, 1.807) is 48.8 Å². The number of nitrogens with two attached hydrogens (primary N) is 1. The van der Waals surface area contributed by atoms with Gasteiger partial charge in [-0.1, -0.05) is 30.3 Å². The fourth-order valence-electron chi connectivity index (χ4n) is 1.74. The minimum absolute atomic E-state index is 0.619. The monoisotopic (exact) mass is 248 g/mol. The van der Waals surface area contributed by atoms with Gasteiger partial charge in [0.25, 0.3) is 0 Å². The van der Waals surface area contributed by atoms with Gasteiger partial charge in [0.2, 0.25) is 10.0 Å². The van der Waals surface area contributed by atoms with Crippen LogP contribution in [0.4, 0.5) is 0 Å². The number of pyridine rings is 1. The second kappa shape index (κ2) is 4.65. The third-order valence-electron chi connectivity index (χ3n) is 2.44. The van der Waals surface area contributed by atoms with Crippen molar-refractivity contribution in [2.45, 2.75) is 5.25 Å². The van der Waals surface area contributed by atoms with Gasteiger partial charge in [-0.05, 0) is 23.3 Å². The average molecular weight is 248 g/mol. The Hall–Kier alpha value is -1.72. The van der Waals surface area contributed by atoms with Gasteiger partial charge in [-0.3, -0.25) is 4.98 Å². The quantitative estimate of drug-likeness (QED) is 0.893. The lowest BCUT2D eigenvalue weighted by atomic mass is 10.1. The summed E-state index contributed by atoms with van der Waals surface area (Å²) in [7, 11) is -3.70. The highest BCUT2D eigenvalue weighted by molar-refractivity contribution is 7.89. The van der Waals surface area contributed by atoms with Crippen LogP contribution >= 0.6 is 0 Å². The molecule has 0 radical (unpaired) electrons. The third-order valence-corrected chi connectivity index (χ3v) is 3.64. The van der Waals surface area contributed by atoms with Crippen molar-refractivity contribution in [2.24, 2.45) is 5.14 Å². The number of benzene rings is 1. The number of sulfonamides is 1. The summed E-state index contributed by atoms with van der Waals surface area (Å²) in [6, 6.07) is 12.2. The van der Waals surface area contributed by atoms with E-state index in [4.69, 9.17) is 5.14 Å². The third kappa shape index (κ3) is 2.69. The summed E-state index contributed by atoms with van der Waals surface area (Å²) in [5.74, 6) is 0. The Morgan fingerprint density at radius 1 is 0.941 bits per heavy atom. The Morgan fingerprint density at radius 2 is 1.47 bits per heavy atom. The van der Waals surface area contributed by atoms with Gasteiger partial charge in [0.1, 0.15) is 5.25 Å². The van der Waals surface area contributed by atoms with Gasteiger partial charge in [0.05, 0.1) is 0 Å². The first-order valence-corrected chi connectivity index (χ1v) is 6.66. The zero-order chi connectivity index (χ0) is 12.3. The van der Waals surface area contributed by atoms with E-state index in [1.807, 2.05) is 6.07 Å². The van der Waals surface area contributed by atoms with Crippen molar-refractivity contribution in [1.82, 2.24) is 4.98 Å². The molecule has 2 N–H and O–H groups in total. The average Bonchev–Trinajstić information content (AvgIpc) is 2.30. The van der Waals surface area contributed by atoms with E-state index in [1.165, 1.54) is 0 Å². The maximum Gasteiger partial charge on any atom is 0.220 e. The van der Waals surface area contributed by atoms with Crippen LogP contribution in [0.1, 0.15) is 16.4 Å². The van der Waals surface area contributed by atoms with Gasteiger partial charge in [0.15, 0.2) is 0 Å². The highest BCUT2D eigenvalue weighted by Crippen LogP contribution is 2.27. The number of hydrogen-bond acceptors (Lipinski definition) is 3. The molecule has 1 heterocycles. The van der Waals surface area contributed by atoms with Crippen LogP contribution in [0, 0.1) is 0 Å². The van der Waals surface area contributed by atoms with E-state index >= 15 is 0 Å². The number of nitrogens with zero attached hydrogens (tertiary/aromatic N) is 1. The number of aromatic nitrogens is 1. The molecule has 0 fully saturated rings. The molecule has 0 aliphatic rings. The lowest BCUT2D eigenvalue weighted by Crippen LogP contribution is -2.22. The van der Waals surface area contributed by atoms with Gasteiger partial charge in [0, 0.05) is 12.4 Å². The molecule has 0 saturated heterocycles. The number of rotatable bonds is 3. The van der Waals surface area contributed by atoms with E-state index in [0.29, 0.717) is 11.1 Å². The van der Waals surface area contributed by atoms with Crippen LogP contribution in [0.15, 0.2) is 54.9 Å². The zero-order valence-electron chi connectivity index (χ0n) is 9.02.